The maximum Gasteiger partial charge on any atom is 0.0138 e. The van der Waals surface area contributed by atoms with E-state index in [1.165, 1.54) is 22.3 Å². The average molecular weight is 231 g/mol. The standard InChI is InChI=1S/C16H25N/c1-12(2)11-17-8-6-7-16-14(4)9-13(3)10-15(16)5/h6-7,9-10,12,17H,8,11H2,1-5H3. The lowest BCUT2D eigenvalue weighted by molar-refractivity contribution is 0.577. The summed E-state index contributed by atoms with van der Waals surface area (Å²) in [5.74, 6) is 0.714. The molecule has 1 aromatic rings. The first-order chi connectivity index (χ1) is 8.00. The van der Waals surface area contributed by atoms with Crippen molar-refractivity contribution in [1.82, 2.24) is 5.32 Å². The molecule has 94 valence electrons. The second-order valence-electron chi connectivity index (χ2n) is 5.27. The Balaban J connectivity index is 2.59. The van der Waals surface area contributed by atoms with Crippen LogP contribution in [0, 0.1) is 26.7 Å². The minimum atomic E-state index is 0.714. The molecule has 0 atom stereocenters. The van der Waals surface area contributed by atoms with Crippen LogP contribution in [0.25, 0.3) is 6.08 Å². The first-order valence-corrected chi connectivity index (χ1v) is 6.46. The van der Waals surface area contributed by atoms with Crippen molar-refractivity contribution in [2.24, 2.45) is 5.92 Å². The lowest BCUT2D eigenvalue weighted by Crippen LogP contribution is -2.19. The largest absolute Gasteiger partial charge is 0.313 e. The molecule has 0 aliphatic heterocycles. The molecule has 0 bridgehead atoms. The molecule has 1 N–H and O–H groups in total. The predicted octanol–water partition coefficient (Wildman–Crippen LogP) is 3.87. The van der Waals surface area contributed by atoms with E-state index in [2.05, 4.69) is 64.2 Å². The second kappa shape index (κ2) is 6.61. The van der Waals surface area contributed by atoms with Gasteiger partial charge in [0.05, 0.1) is 0 Å². The highest BCUT2D eigenvalue weighted by atomic mass is 14.8. The van der Waals surface area contributed by atoms with E-state index in [1.807, 2.05) is 0 Å². The molecular weight excluding hydrogens is 206 g/mol. The lowest BCUT2D eigenvalue weighted by atomic mass is 9.99. The Kier molecular flexibility index (Phi) is 5.43. The average Bonchev–Trinajstić information content (AvgIpc) is 2.20. The number of hydrogen-bond donors (Lipinski definition) is 1. The summed E-state index contributed by atoms with van der Waals surface area (Å²) in [5.41, 5.74) is 5.43. The summed E-state index contributed by atoms with van der Waals surface area (Å²) in [4.78, 5) is 0. The second-order valence-corrected chi connectivity index (χ2v) is 5.27. The van der Waals surface area contributed by atoms with Crippen molar-refractivity contribution in [2.75, 3.05) is 13.1 Å². The monoisotopic (exact) mass is 231 g/mol. The first-order valence-electron chi connectivity index (χ1n) is 6.46. The van der Waals surface area contributed by atoms with Crippen LogP contribution >= 0.6 is 0 Å². The van der Waals surface area contributed by atoms with Crippen molar-refractivity contribution >= 4 is 6.08 Å². The van der Waals surface area contributed by atoms with E-state index in [0.29, 0.717) is 5.92 Å². The van der Waals surface area contributed by atoms with Crippen LogP contribution < -0.4 is 5.32 Å². The van der Waals surface area contributed by atoms with Crippen molar-refractivity contribution in [3.8, 4) is 0 Å². The quantitative estimate of drug-likeness (QED) is 0.759. The highest BCUT2D eigenvalue weighted by Gasteiger charge is 1.99. The van der Waals surface area contributed by atoms with Gasteiger partial charge in [-0.05, 0) is 49.9 Å². The maximum absolute atomic E-state index is 3.42. The normalized spacial score (nSPS) is 11.6. The van der Waals surface area contributed by atoms with Gasteiger partial charge in [-0.25, -0.2) is 0 Å². The molecule has 0 aromatic heterocycles. The van der Waals surface area contributed by atoms with Gasteiger partial charge >= 0.3 is 0 Å². The third-order valence-electron chi connectivity index (χ3n) is 2.84. The summed E-state index contributed by atoms with van der Waals surface area (Å²) >= 11 is 0. The van der Waals surface area contributed by atoms with Gasteiger partial charge in [0.1, 0.15) is 0 Å². The molecule has 0 spiro atoms. The fourth-order valence-electron chi connectivity index (χ4n) is 2.09. The van der Waals surface area contributed by atoms with Crippen molar-refractivity contribution in [2.45, 2.75) is 34.6 Å². The van der Waals surface area contributed by atoms with Gasteiger partial charge in [0.25, 0.3) is 0 Å². The minimum absolute atomic E-state index is 0.714. The van der Waals surface area contributed by atoms with E-state index in [-0.39, 0.29) is 0 Å². The summed E-state index contributed by atoms with van der Waals surface area (Å²) < 4.78 is 0. The Hall–Kier alpha value is -1.08. The number of nitrogens with one attached hydrogen (secondary N) is 1. The molecule has 0 unspecified atom stereocenters. The summed E-state index contributed by atoms with van der Waals surface area (Å²) in [5, 5.41) is 3.42. The predicted molar refractivity (Wildman–Crippen MR) is 77.4 cm³/mol. The summed E-state index contributed by atoms with van der Waals surface area (Å²) in [6.45, 7) is 13.0. The van der Waals surface area contributed by atoms with Crippen molar-refractivity contribution < 1.29 is 0 Å². The van der Waals surface area contributed by atoms with Crippen LogP contribution in [0.5, 0.6) is 0 Å². The van der Waals surface area contributed by atoms with E-state index in [4.69, 9.17) is 0 Å². The fourth-order valence-corrected chi connectivity index (χ4v) is 2.09. The van der Waals surface area contributed by atoms with E-state index in [9.17, 15) is 0 Å². The number of aryl methyl sites for hydroxylation is 3. The van der Waals surface area contributed by atoms with E-state index >= 15 is 0 Å². The van der Waals surface area contributed by atoms with Crippen LogP contribution in [-0.2, 0) is 0 Å². The smallest absolute Gasteiger partial charge is 0.0138 e. The Bertz CT molecular complexity index is 366. The lowest BCUT2D eigenvalue weighted by Gasteiger charge is -2.07. The third-order valence-corrected chi connectivity index (χ3v) is 2.84. The molecule has 0 aliphatic carbocycles. The Labute approximate surface area is 106 Å². The highest BCUT2D eigenvalue weighted by Crippen LogP contribution is 2.17. The van der Waals surface area contributed by atoms with Gasteiger partial charge in [0.15, 0.2) is 0 Å². The van der Waals surface area contributed by atoms with Crippen LogP contribution in [-0.4, -0.2) is 13.1 Å². The van der Waals surface area contributed by atoms with Crippen molar-refractivity contribution in [3.05, 3.63) is 40.5 Å². The molecule has 1 aromatic carbocycles. The topological polar surface area (TPSA) is 12.0 Å². The molecule has 0 saturated heterocycles. The third kappa shape index (κ3) is 4.74. The number of benzene rings is 1. The highest BCUT2D eigenvalue weighted by molar-refractivity contribution is 5.58. The number of hydrogen-bond acceptors (Lipinski definition) is 1. The molecule has 1 rings (SSSR count). The van der Waals surface area contributed by atoms with Gasteiger partial charge in [-0.3, -0.25) is 0 Å². The molecule has 0 fully saturated rings. The van der Waals surface area contributed by atoms with Crippen molar-refractivity contribution in [3.63, 3.8) is 0 Å². The molecule has 0 heterocycles. The molecule has 0 radical (unpaired) electrons. The molecule has 17 heavy (non-hydrogen) atoms. The van der Waals surface area contributed by atoms with Crippen LogP contribution in [0.4, 0.5) is 0 Å². The molecule has 1 nitrogen and oxygen atoms in total. The van der Waals surface area contributed by atoms with Gasteiger partial charge in [-0.15, -0.1) is 0 Å². The van der Waals surface area contributed by atoms with E-state index < -0.39 is 0 Å². The zero-order chi connectivity index (χ0) is 12.8. The Morgan fingerprint density at radius 2 is 1.71 bits per heavy atom. The summed E-state index contributed by atoms with van der Waals surface area (Å²) in [7, 11) is 0. The molecule has 0 amide bonds. The molecule has 1 heteroatoms. The van der Waals surface area contributed by atoms with Crippen LogP contribution in [0.15, 0.2) is 18.2 Å². The van der Waals surface area contributed by atoms with Gasteiger partial charge < -0.3 is 5.32 Å². The molecular formula is C16H25N. The minimum Gasteiger partial charge on any atom is -0.313 e. The van der Waals surface area contributed by atoms with Crippen LogP contribution in [0.1, 0.15) is 36.1 Å². The van der Waals surface area contributed by atoms with Gasteiger partial charge in [-0.1, -0.05) is 43.7 Å². The van der Waals surface area contributed by atoms with Crippen LogP contribution in [0.2, 0.25) is 0 Å². The van der Waals surface area contributed by atoms with Crippen molar-refractivity contribution in [1.29, 1.82) is 0 Å². The van der Waals surface area contributed by atoms with Crippen LogP contribution in [0.3, 0.4) is 0 Å². The SMILES string of the molecule is Cc1cc(C)c(C=CCNCC(C)C)c(C)c1. The number of rotatable bonds is 5. The first kappa shape index (κ1) is 14.0. The maximum atomic E-state index is 3.42. The van der Waals surface area contributed by atoms with Gasteiger partial charge in [0, 0.05) is 6.54 Å². The van der Waals surface area contributed by atoms with Gasteiger partial charge in [0.2, 0.25) is 0 Å². The summed E-state index contributed by atoms with van der Waals surface area (Å²) in [6, 6.07) is 4.49. The zero-order valence-corrected chi connectivity index (χ0v) is 11.8. The van der Waals surface area contributed by atoms with E-state index in [1.54, 1.807) is 0 Å². The molecule has 0 aliphatic rings. The fraction of sp³-hybridized carbons (Fsp3) is 0.500. The molecule has 0 saturated carbocycles. The summed E-state index contributed by atoms with van der Waals surface area (Å²) in [6.07, 6.45) is 4.45. The Morgan fingerprint density at radius 1 is 1.12 bits per heavy atom. The zero-order valence-electron chi connectivity index (χ0n) is 11.8. The van der Waals surface area contributed by atoms with E-state index in [0.717, 1.165) is 13.1 Å². The van der Waals surface area contributed by atoms with Gasteiger partial charge in [-0.2, -0.15) is 0 Å². The Morgan fingerprint density at radius 3 is 2.24 bits per heavy atom.